The monoisotopic (exact) mass is 595 g/mol. The van der Waals surface area contributed by atoms with Gasteiger partial charge in [0.15, 0.2) is 0 Å². The molecule has 1 aliphatic rings. The van der Waals surface area contributed by atoms with E-state index in [1.54, 1.807) is 50.2 Å². The maximum absolute atomic E-state index is 14.1. The van der Waals surface area contributed by atoms with Gasteiger partial charge in [-0.15, -0.1) is 0 Å². The van der Waals surface area contributed by atoms with Crippen LogP contribution < -0.4 is 9.62 Å². The van der Waals surface area contributed by atoms with Crippen molar-refractivity contribution in [2.24, 2.45) is 0 Å². The third-order valence-electron chi connectivity index (χ3n) is 7.72. The molecule has 1 N–H and O–H groups in total. The second-order valence-electron chi connectivity index (χ2n) is 10.6. The van der Waals surface area contributed by atoms with Gasteiger partial charge in [0.05, 0.1) is 10.6 Å². The van der Waals surface area contributed by atoms with Gasteiger partial charge in [-0.3, -0.25) is 13.9 Å². The zero-order chi connectivity index (χ0) is 29.4. The fourth-order valence-corrected chi connectivity index (χ4v) is 6.90. The summed E-state index contributed by atoms with van der Waals surface area (Å²) in [4.78, 5) is 29.0. The van der Waals surface area contributed by atoms with Gasteiger partial charge < -0.3 is 10.2 Å². The second kappa shape index (κ2) is 14.0. The van der Waals surface area contributed by atoms with Gasteiger partial charge in [0, 0.05) is 17.6 Å². The highest BCUT2D eigenvalue weighted by molar-refractivity contribution is 7.92. The SMILES string of the molecule is Cc1c(Cl)cccc1N(CC(=O)N(CCc1ccccc1)C(C)C(=O)NC1CCCCC1)S(=O)(=O)c1ccccc1. The largest absolute Gasteiger partial charge is 0.352 e. The number of nitrogens with one attached hydrogen (secondary N) is 1. The molecule has 1 saturated carbocycles. The van der Waals surface area contributed by atoms with E-state index in [2.05, 4.69) is 5.32 Å². The summed E-state index contributed by atoms with van der Waals surface area (Å²) in [7, 11) is -4.13. The van der Waals surface area contributed by atoms with Crippen LogP contribution in [0.15, 0.2) is 83.8 Å². The molecule has 0 spiro atoms. The Balaban J connectivity index is 1.66. The van der Waals surface area contributed by atoms with E-state index in [9.17, 15) is 18.0 Å². The van der Waals surface area contributed by atoms with E-state index in [1.165, 1.54) is 17.0 Å². The fraction of sp³-hybridized carbons (Fsp3) is 0.375. The minimum Gasteiger partial charge on any atom is -0.352 e. The molecule has 3 aromatic rings. The molecule has 4 rings (SSSR count). The van der Waals surface area contributed by atoms with Crippen molar-refractivity contribution >= 4 is 39.1 Å². The average molecular weight is 596 g/mol. The van der Waals surface area contributed by atoms with Crippen LogP contribution in [-0.4, -0.2) is 50.3 Å². The van der Waals surface area contributed by atoms with Crippen molar-refractivity contribution < 1.29 is 18.0 Å². The number of halogens is 1. The predicted octanol–water partition coefficient (Wildman–Crippen LogP) is 5.75. The Kier molecular flexibility index (Phi) is 10.5. The summed E-state index contributed by atoms with van der Waals surface area (Å²) in [6.45, 7) is 3.22. The summed E-state index contributed by atoms with van der Waals surface area (Å²) < 4.78 is 29.0. The number of rotatable bonds is 11. The van der Waals surface area contributed by atoms with Crippen molar-refractivity contribution in [3.05, 3.63) is 95.0 Å². The molecule has 1 atom stereocenters. The zero-order valence-corrected chi connectivity index (χ0v) is 25.2. The maximum atomic E-state index is 14.1. The summed E-state index contributed by atoms with van der Waals surface area (Å²) in [5, 5.41) is 3.52. The van der Waals surface area contributed by atoms with Crippen molar-refractivity contribution in [3.8, 4) is 0 Å². The number of hydrogen-bond donors (Lipinski definition) is 1. The molecule has 1 unspecified atom stereocenters. The molecule has 3 aromatic carbocycles. The van der Waals surface area contributed by atoms with E-state index < -0.39 is 28.5 Å². The first-order chi connectivity index (χ1) is 19.7. The van der Waals surface area contributed by atoms with Gasteiger partial charge >= 0.3 is 0 Å². The minimum atomic E-state index is -4.13. The Labute approximate surface area is 248 Å². The molecule has 7 nitrogen and oxygen atoms in total. The Morgan fingerprint density at radius 2 is 1.56 bits per heavy atom. The Morgan fingerprint density at radius 3 is 2.22 bits per heavy atom. The summed E-state index contributed by atoms with van der Waals surface area (Å²) >= 11 is 6.39. The Hall–Kier alpha value is -3.36. The zero-order valence-electron chi connectivity index (χ0n) is 23.6. The average Bonchev–Trinajstić information content (AvgIpc) is 2.99. The van der Waals surface area contributed by atoms with E-state index >= 15 is 0 Å². The Morgan fingerprint density at radius 1 is 0.927 bits per heavy atom. The van der Waals surface area contributed by atoms with Crippen LogP contribution in [0.1, 0.15) is 50.2 Å². The number of amides is 2. The van der Waals surface area contributed by atoms with Crippen molar-refractivity contribution in [1.29, 1.82) is 0 Å². The lowest BCUT2D eigenvalue weighted by molar-refractivity contribution is -0.139. The van der Waals surface area contributed by atoms with Crippen LogP contribution in [0, 0.1) is 6.92 Å². The molecular weight excluding hydrogens is 558 g/mol. The van der Waals surface area contributed by atoms with Crippen LogP contribution in [0.2, 0.25) is 5.02 Å². The number of benzene rings is 3. The van der Waals surface area contributed by atoms with E-state index in [0.29, 0.717) is 22.7 Å². The lowest BCUT2D eigenvalue weighted by atomic mass is 9.95. The van der Waals surface area contributed by atoms with Crippen LogP contribution in [0.3, 0.4) is 0 Å². The quantitative estimate of drug-likeness (QED) is 0.306. The molecule has 0 bridgehead atoms. The van der Waals surface area contributed by atoms with E-state index in [1.807, 2.05) is 30.3 Å². The lowest BCUT2D eigenvalue weighted by Gasteiger charge is -2.33. The molecule has 0 aromatic heterocycles. The first-order valence-corrected chi connectivity index (χ1v) is 16.0. The summed E-state index contributed by atoms with van der Waals surface area (Å²) in [5.74, 6) is -0.694. The van der Waals surface area contributed by atoms with Crippen molar-refractivity contribution in [2.45, 2.75) is 69.4 Å². The van der Waals surface area contributed by atoms with Crippen molar-refractivity contribution in [2.75, 3.05) is 17.4 Å². The number of sulfonamides is 1. The molecular formula is C32H38ClN3O4S. The molecule has 9 heteroatoms. The fourth-order valence-electron chi connectivity index (χ4n) is 5.24. The van der Waals surface area contributed by atoms with E-state index in [4.69, 9.17) is 11.6 Å². The van der Waals surface area contributed by atoms with E-state index in [-0.39, 0.29) is 23.4 Å². The van der Waals surface area contributed by atoms with Gasteiger partial charge in [-0.2, -0.15) is 0 Å². The smallest absolute Gasteiger partial charge is 0.264 e. The number of carbonyl (C=O) groups excluding carboxylic acids is 2. The first-order valence-electron chi connectivity index (χ1n) is 14.1. The van der Waals surface area contributed by atoms with Crippen LogP contribution >= 0.6 is 11.6 Å². The second-order valence-corrected chi connectivity index (χ2v) is 12.8. The van der Waals surface area contributed by atoms with Crippen molar-refractivity contribution in [3.63, 3.8) is 0 Å². The first kappa shape index (κ1) is 30.6. The maximum Gasteiger partial charge on any atom is 0.264 e. The molecule has 218 valence electrons. The van der Waals surface area contributed by atoms with Gasteiger partial charge in [0.2, 0.25) is 11.8 Å². The van der Waals surface area contributed by atoms with E-state index in [0.717, 1.165) is 42.0 Å². The predicted molar refractivity (Wildman–Crippen MR) is 163 cm³/mol. The molecule has 1 aliphatic carbocycles. The number of hydrogen-bond acceptors (Lipinski definition) is 4. The third-order valence-corrected chi connectivity index (χ3v) is 9.90. The summed E-state index contributed by atoms with van der Waals surface area (Å²) in [6, 6.07) is 22.0. The number of anilines is 1. The molecule has 0 aliphatic heterocycles. The standard InChI is InChI=1S/C32H38ClN3O4S/c1-24-29(33)19-12-20-30(24)36(41(39,40)28-17-10-5-11-18-28)23-31(37)35(22-21-26-13-6-3-7-14-26)25(2)32(38)34-27-15-8-4-9-16-27/h3,5-7,10-14,17-20,25,27H,4,8-9,15-16,21-23H2,1-2H3,(H,34,38). The molecule has 2 amide bonds. The van der Waals surface area contributed by atoms with Gasteiger partial charge in [-0.25, -0.2) is 8.42 Å². The molecule has 0 heterocycles. The van der Waals surface area contributed by atoms with Crippen molar-refractivity contribution in [1.82, 2.24) is 10.2 Å². The van der Waals surface area contributed by atoms with Crippen LogP contribution in [-0.2, 0) is 26.0 Å². The molecule has 41 heavy (non-hydrogen) atoms. The topological polar surface area (TPSA) is 86.8 Å². The summed E-state index contributed by atoms with van der Waals surface area (Å²) in [5.41, 5.74) is 1.88. The minimum absolute atomic E-state index is 0.0612. The highest BCUT2D eigenvalue weighted by Gasteiger charge is 2.33. The molecule has 0 radical (unpaired) electrons. The van der Waals surface area contributed by atoms with Crippen LogP contribution in [0.5, 0.6) is 0 Å². The molecule has 0 saturated heterocycles. The summed E-state index contributed by atoms with van der Waals surface area (Å²) in [6.07, 6.45) is 5.68. The van der Waals surface area contributed by atoms with Gasteiger partial charge in [0.1, 0.15) is 12.6 Å². The van der Waals surface area contributed by atoms with Crippen LogP contribution in [0.25, 0.3) is 0 Å². The van der Waals surface area contributed by atoms with Gasteiger partial charge in [-0.05, 0) is 68.5 Å². The highest BCUT2D eigenvalue weighted by Crippen LogP contribution is 2.31. The number of nitrogens with zero attached hydrogens (tertiary/aromatic N) is 2. The van der Waals surface area contributed by atoms with Gasteiger partial charge in [-0.1, -0.05) is 85.5 Å². The molecule has 1 fully saturated rings. The Bertz CT molecular complexity index is 1430. The van der Waals surface area contributed by atoms with Gasteiger partial charge in [0.25, 0.3) is 10.0 Å². The normalized spacial score (nSPS) is 14.7. The number of carbonyl (C=O) groups is 2. The van der Waals surface area contributed by atoms with Crippen LogP contribution in [0.4, 0.5) is 5.69 Å². The highest BCUT2D eigenvalue weighted by atomic mass is 35.5. The third kappa shape index (κ3) is 7.68. The lowest BCUT2D eigenvalue weighted by Crippen LogP contribution is -2.53.